The minimum atomic E-state index is 0.543. The second kappa shape index (κ2) is 10.4. The predicted octanol–water partition coefficient (Wildman–Crippen LogP) is 3.62. The number of amides is 1. The molecule has 136 valence electrons. The number of rotatable bonds is 10. The van der Waals surface area contributed by atoms with Crippen molar-refractivity contribution in [2.45, 2.75) is 47.0 Å². The highest BCUT2D eigenvalue weighted by molar-refractivity contribution is 5.85. The molecule has 1 amide bonds. The van der Waals surface area contributed by atoms with Gasteiger partial charge >= 0.3 is 0 Å². The molecule has 0 aliphatic rings. The van der Waals surface area contributed by atoms with E-state index in [1.165, 1.54) is 0 Å². The van der Waals surface area contributed by atoms with E-state index in [1.807, 2.05) is 40.2 Å². The number of carbonyl (C=O) groups excluding carboxylic acids is 1. The third-order valence-electron chi connectivity index (χ3n) is 3.99. The Morgan fingerprint density at radius 3 is 2.72 bits per heavy atom. The lowest BCUT2D eigenvalue weighted by molar-refractivity contribution is -0.108. The summed E-state index contributed by atoms with van der Waals surface area (Å²) < 4.78 is 0. The third kappa shape index (κ3) is 6.91. The van der Waals surface area contributed by atoms with Crippen LogP contribution < -0.4 is 5.32 Å². The molecule has 0 aliphatic carbocycles. The lowest BCUT2D eigenvalue weighted by Crippen LogP contribution is -2.22. The molecule has 0 unspecified atom stereocenters. The number of aromatic nitrogens is 1. The van der Waals surface area contributed by atoms with Crippen molar-refractivity contribution in [2.75, 3.05) is 13.6 Å². The molecule has 1 heterocycles. The van der Waals surface area contributed by atoms with Gasteiger partial charge in [-0.05, 0) is 38.3 Å². The van der Waals surface area contributed by atoms with Gasteiger partial charge in [0.2, 0.25) is 6.41 Å². The monoisotopic (exact) mass is 342 g/mol. The minimum Gasteiger partial charge on any atom is -0.375 e. The molecule has 1 N–H and O–H groups in total. The van der Waals surface area contributed by atoms with Crippen molar-refractivity contribution in [2.24, 2.45) is 4.99 Å². The van der Waals surface area contributed by atoms with Gasteiger partial charge in [-0.15, -0.1) is 0 Å². The van der Waals surface area contributed by atoms with Crippen LogP contribution >= 0.6 is 0 Å². The Labute approximate surface area is 151 Å². The fraction of sp³-hybridized carbons (Fsp3) is 0.450. The van der Waals surface area contributed by atoms with Crippen molar-refractivity contribution in [1.82, 2.24) is 15.2 Å². The summed E-state index contributed by atoms with van der Waals surface area (Å²) in [7, 11) is 2.01. The second-order valence-corrected chi connectivity index (χ2v) is 6.35. The molecule has 25 heavy (non-hydrogen) atoms. The maximum absolute atomic E-state index is 11.0. The van der Waals surface area contributed by atoms with Gasteiger partial charge in [0, 0.05) is 49.4 Å². The van der Waals surface area contributed by atoms with E-state index in [9.17, 15) is 4.79 Å². The molecule has 0 spiro atoms. The Bertz CT molecular complexity index is 661. The number of allylic oxidation sites excluding steroid dienone is 1. The molecule has 1 rings (SSSR count). The van der Waals surface area contributed by atoms with Gasteiger partial charge in [-0.2, -0.15) is 0 Å². The number of carbonyl (C=O) groups is 1. The van der Waals surface area contributed by atoms with Gasteiger partial charge in [-0.25, -0.2) is 4.99 Å². The lowest BCUT2D eigenvalue weighted by atomic mass is 10.1. The van der Waals surface area contributed by atoms with Crippen LogP contribution in [0.15, 0.2) is 47.1 Å². The van der Waals surface area contributed by atoms with Crippen molar-refractivity contribution >= 4 is 12.1 Å². The number of pyridine rings is 1. The van der Waals surface area contributed by atoms with Gasteiger partial charge < -0.3 is 10.2 Å². The molecule has 0 aliphatic heterocycles. The zero-order valence-electron chi connectivity index (χ0n) is 16.1. The number of aliphatic imine (C=N–C) groups is 1. The summed E-state index contributed by atoms with van der Waals surface area (Å²) >= 11 is 0. The highest BCUT2D eigenvalue weighted by Gasteiger charge is 2.10. The van der Waals surface area contributed by atoms with Crippen LogP contribution in [0.4, 0.5) is 0 Å². The Balaban J connectivity index is 2.99. The van der Waals surface area contributed by atoms with E-state index in [-0.39, 0.29) is 0 Å². The fourth-order valence-electron chi connectivity index (χ4n) is 2.47. The van der Waals surface area contributed by atoms with Crippen molar-refractivity contribution in [3.63, 3.8) is 0 Å². The third-order valence-corrected chi connectivity index (χ3v) is 3.99. The Hall–Kier alpha value is -2.43. The Kier molecular flexibility index (Phi) is 8.61. The highest BCUT2D eigenvalue weighted by atomic mass is 16.1. The molecule has 5 heteroatoms. The maximum atomic E-state index is 11.0. The van der Waals surface area contributed by atoms with Gasteiger partial charge in [-0.1, -0.05) is 26.0 Å². The van der Waals surface area contributed by atoms with Gasteiger partial charge in [0.05, 0.1) is 0 Å². The summed E-state index contributed by atoms with van der Waals surface area (Å²) in [5.41, 5.74) is 4.86. The van der Waals surface area contributed by atoms with Gasteiger partial charge in [0.15, 0.2) is 0 Å². The van der Waals surface area contributed by atoms with Gasteiger partial charge in [0.25, 0.3) is 0 Å². The number of nitrogens with zero attached hydrogens (tertiary/aromatic N) is 3. The van der Waals surface area contributed by atoms with Crippen LogP contribution in [-0.2, 0) is 11.2 Å². The highest BCUT2D eigenvalue weighted by Crippen LogP contribution is 2.16. The van der Waals surface area contributed by atoms with E-state index < -0.39 is 0 Å². The SMILES string of the molecule is C=C(/C(C)=C(/N=C(C)Cc1cncc(C)c1)NC=O)N(C)CCCC. The minimum absolute atomic E-state index is 0.543. The van der Waals surface area contributed by atoms with Gasteiger partial charge in [0.1, 0.15) is 5.82 Å². The molecule has 0 saturated carbocycles. The summed E-state index contributed by atoms with van der Waals surface area (Å²) in [6.45, 7) is 13.1. The van der Waals surface area contributed by atoms with Crippen LogP contribution in [0.1, 0.15) is 44.7 Å². The molecule has 5 nitrogen and oxygen atoms in total. The van der Waals surface area contributed by atoms with Crippen LogP contribution in [0.3, 0.4) is 0 Å². The van der Waals surface area contributed by atoms with E-state index >= 15 is 0 Å². The van der Waals surface area contributed by atoms with Gasteiger partial charge in [-0.3, -0.25) is 9.78 Å². The summed E-state index contributed by atoms with van der Waals surface area (Å²) in [5, 5.41) is 2.71. The summed E-state index contributed by atoms with van der Waals surface area (Å²) in [4.78, 5) is 21.9. The zero-order chi connectivity index (χ0) is 18.8. The van der Waals surface area contributed by atoms with Crippen LogP contribution in [0.2, 0.25) is 0 Å². The van der Waals surface area contributed by atoms with Crippen LogP contribution in [-0.4, -0.2) is 35.6 Å². The fourth-order valence-corrected chi connectivity index (χ4v) is 2.47. The standard InChI is InChI=1S/C20H30N4O/c1-7-8-9-24(6)18(5)17(4)20(22-14-25)23-16(3)11-19-10-15(2)12-21-13-19/h10,12-14H,5,7-9,11H2,1-4,6H3,(H,22,25)/b20-17+,23-16?. The summed E-state index contributed by atoms with van der Waals surface area (Å²) in [6, 6.07) is 2.09. The second-order valence-electron chi connectivity index (χ2n) is 6.35. The van der Waals surface area contributed by atoms with Crippen LogP contribution in [0, 0.1) is 6.92 Å². The van der Waals surface area contributed by atoms with Crippen molar-refractivity contribution in [1.29, 1.82) is 0 Å². The van der Waals surface area contributed by atoms with Crippen LogP contribution in [0.25, 0.3) is 0 Å². The number of hydrogen-bond acceptors (Lipinski definition) is 4. The lowest BCUT2D eigenvalue weighted by Gasteiger charge is -2.23. The molecular formula is C20H30N4O. The molecule has 0 aromatic carbocycles. The number of hydrogen-bond donors (Lipinski definition) is 1. The topological polar surface area (TPSA) is 57.6 Å². The molecule has 0 atom stereocenters. The molecule has 0 fully saturated rings. The number of likely N-dealkylation sites (N-methyl/N-ethyl adjacent to an activating group) is 1. The van der Waals surface area contributed by atoms with E-state index in [2.05, 4.69) is 39.8 Å². The molecular weight excluding hydrogens is 312 g/mol. The van der Waals surface area contributed by atoms with E-state index in [1.54, 1.807) is 0 Å². The molecule has 0 saturated heterocycles. The Morgan fingerprint density at radius 1 is 1.40 bits per heavy atom. The first-order chi connectivity index (χ1) is 11.9. The maximum Gasteiger partial charge on any atom is 0.212 e. The first kappa shape index (κ1) is 20.6. The van der Waals surface area contributed by atoms with Crippen LogP contribution in [0.5, 0.6) is 0 Å². The molecule has 1 aromatic heterocycles. The first-order valence-corrected chi connectivity index (χ1v) is 8.65. The van der Waals surface area contributed by atoms with Crippen molar-refractivity contribution in [3.8, 4) is 0 Å². The average molecular weight is 342 g/mol. The molecule has 0 radical (unpaired) electrons. The predicted molar refractivity (Wildman–Crippen MR) is 104 cm³/mol. The molecule has 0 bridgehead atoms. The molecule has 1 aromatic rings. The largest absolute Gasteiger partial charge is 0.375 e. The normalized spacial score (nSPS) is 12.4. The van der Waals surface area contributed by atoms with E-state index in [0.717, 1.165) is 47.5 Å². The quantitative estimate of drug-likeness (QED) is 0.401. The van der Waals surface area contributed by atoms with E-state index in [0.29, 0.717) is 18.7 Å². The van der Waals surface area contributed by atoms with Crippen molar-refractivity contribution in [3.05, 3.63) is 53.3 Å². The summed E-state index contributed by atoms with van der Waals surface area (Å²) in [6.07, 6.45) is 7.24. The first-order valence-electron chi connectivity index (χ1n) is 8.65. The number of aryl methyl sites for hydroxylation is 1. The average Bonchev–Trinajstić information content (AvgIpc) is 2.57. The zero-order valence-corrected chi connectivity index (χ0v) is 16.1. The van der Waals surface area contributed by atoms with E-state index in [4.69, 9.17) is 0 Å². The number of nitrogens with one attached hydrogen (secondary N) is 1. The summed E-state index contributed by atoms with van der Waals surface area (Å²) in [5.74, 6) is 0.543. The van der Waals surface area contributed by atoms with Crippen molar-refractivity contribution < 1.29 is 4.79 Å². The Morgan fingerprint density at radius 2 is 2.12 bits per heavy atom. The number of unbranched alkanes of at least 4 members (excludes halogenated alkanes) is 1. The smallest absolute Gasteiger partial charge is 0.212 e.